The van der Waals surface area contributed by atoms with Gasteiger partial charge < -0.3 is 9.15 Å². The number of hydrogen-bond acceptors (Lipinski definition) is 4. The van der Waals surface area contributed by atoms with Crippen LogP contribution in [0.4, 0.5) is 0 Å². The van der Waals surface area contributed by atoms with Crippen molar-refractivity contribution in [3.8, 4) is 5.75 Å². The van der Waals surface area contributed by atoms with Gasteiger partial charge in [-0.2, -0.15) is 0 Å². The number of hydrogen-bond donors (Lipinski definition) is 0. The van der Waals surface area contributed by atoms with Gasteiger partial charge in [-0.3, -0.25) is 4.79 Å². The van der Waals surface area contributed by atoms with Gasteiger partial charge >= 0.3 is 5.63 Å². The molecule has 1 aromatic heterocycles. The number of carbonyl (C=O) groups excluding carboxylic acids is 1. The summed E-state index contributed by atoms with van der Waals surface area (Å²) in [5.41, 5.74) is 0.966. The van der Waals surface area contributed by atoms with Crippen LogP contribution >= 0.6 is 0 Å². The lowest BCUT2D eigenvalue weighted by Gasteiger charge is -2.09. The van der Waals surface area contributed by atoms with E-state index in [0.717, 1.165) is 0 Å². The molecule has 21 heavy (non-hydrogen) atoms. The Kier molecular flexibility index (Phi) is 3.28. The second kappa shape index (κ2) is 5.25. The van der Waals surface area contributed by atoms with Gasteiger partial charge in [0.05, 0.1) is 12.7 Å². The first-order valence-corrected chi connectivity index (χ1v) is 6.40. The lowest BCUT2D eigenvalue weighted by molar-refractivity contribution is 0.103. The van der Waals surface area contributed by atoms with Crippen LogP contribution in [0.25, 0.3) is 11.0 Å². The maximum absolute atomic E-state index is 12.6. The van der Waals surface area contributed by atoms with Crippen molar-refractivity contribution in [1.82, 2.24) is 0 Å². The van der Waals surface area contributed by atoms with Crippen molar-refractivity contribution in [3.05, 3.63) is 76.1 Å². The molecule has 0 N–H and O–H groups in total. The van der Waals surface area contributed by atoms with Crippen molar-refractivity contribution >= 4 is 16.8 Å². The second-order valence-electron chi connectivity index (χ2n) is 4.54. The first kappa shape index (κ1) is 13.1. The van der Waals surface area contributed by atoms with Crippen molar-refractivity contribution in [3.63, 3.8) is 0 Å². The summed E-state index contributed by atoms with van der Waals surface area (Å²) in [6.45, 7) is 0. The van der Waals surface area contributed by atoms with Crippen molar-refractivity contribution in [2.45, 2.75) is 0 Å². The number of carbonyl (C=O) groups is 1. The molecule has 3 aromatic rings. The minimum absolute atomic E-state index is 0.138. The Bertz CT molecular complexity index is 863. The molecule has 4 heteroatoms. The number of benzene rings is 2. The molecule has 0 unspecified atom stereocenters. The maximum atomic E-state index is 12.6. The molecule has 3 rings (SSSR count). The van der Waals surface area contributed by atoms with Gasteiger partial charge in [-0.15, -0.1) is 0 Å². The molecule has 0 radical (unpaired) electrons. The van der Waals surface area contributed by atoms with Crippen LogP contribution in [0.2, 0.25) is 0 Å². The van der Waals surface area contributed by atoms with Crippen LogP contribution in [0.3, 0.4) is 0 Å². The highest BCUT2D eigenvalue weighted by atomic mass is 16.5. The van der Waals surface area contributed by atoms with Gasteiger partial charge in [0.1, 0.15) is 11.3 Å². The normalized spacial score (nSPS) is 10.5. The third-order valence-corrected chi connectivity index (χ3v) is 3.22. The largest absolute Gasteiger partial charge is 0.496 e. The van der Waals surface area contributed by atoms with Gasteiger partial charge in [0.25, 0.3) is 0 Å². The smallest absolute Gasteiger partial charge is 0.336 e. The number of fused-ring (bicyclic) bond motifs is 1. The highest BCUT2D eigenvalue weighted by Crippen LogP contribution is 2.27. The monoisotopic (exact) mass is 280 g/mol. The molecule has 0 fully saturated rings. The average Bonchev–Trinajstić information content (AvgIpc) is 2.53. The van der Waals surface area contributed by atoms with Gasteiger partial charge in [-0.25, -0.2) is 4.79 Å². The summed E-state index contributed by atoms with van der Waals surface area (Å²) in [7, 11) is 1.48. The minimum atomic E-state index is -0.438. The van der Waals surface area contributed by atoms with E-state index < -0.39 is 5.63 Å². The summed E-state index contributed by atoms with van der Waals surface area (Å²) >= 11 is 0. The van der Waals surface area contributed by atoms with Gasteiger partial charge in [0, 0.05) is 23.1 Å². The van der Waals surface area contributed by atoms with E-state index >= 15 is 0 Å². The zero-order chi connectivity index (χ0) is 14.8. The minimum Gasteiger partial charge on any atom is -0.496 e. The van der Waals surface area contributed by atoms with Gasteiger partial charge in [-0.1, -0.05) is 30.3 Å². The highest BCUT2D eigenvalue weighted by Gasteiger charge is 2.16. The quantitative estimate of drug-likeness (QED) is 0.546. The van der Waals surface area contributed by atoms with Crippen molar-refractivity contribution in [2.24, 2.45) is 0 Å². The van der Waals surface area contributed by atoms with Crippen molar-refractivity contribution in [1.29, 1.82) is 0 Å². The van der Waals surface area contributed by atoms with Crippen LogP contribution in [0, 0.1) is 0 Å². The van der Waals surface area contributed by atoms with Gasteiger partial charge in [0.2, 0.25) is 0 Å². The number of ketones is 1. The number of rotatable bonds is 3. The molecule has 0 bridgehead atoms. The van der Waals surface area contributed by atoms with Crippen LogP contribution in [0.5, 0.6) is 5.75 Å². The van der Waals surface area contributed by atoms with E-state index in [4.69, 9.17) is 9.15 Å². The van der Waals surface area contributed by atoms with E-state index in [9.17, 15) is 9.59 Å². The molecule has 2 aromatic carbocycles. The van der Waals surface area contributed by atoms with E-state index in [-0.39, 0.29) is 5.78 Å². The van der Waals surface area contributed by atoms with Gasteiger partial charge in [0.15, 0.2) is 5.78 Å². The summed E-state index contributed by atoms with van der Waals surface area (Å²) in [6.07, 6.45) is 0. The standard InChI is InChI=1S/C17H12O4/c1-20-15-10-14-12(7-8-16(18)21-14)9-13(15)17(19)11-5-3-2-4-6-11/h2-10H,1H3. The Morgan fingerprint density at radius 1 is 1.05 bits per heavy atom. The molecule has 0 aliphatic heterocycles. The second-order valence-corrected chi connectivity index (χ2v) is 4.54. The first-order chi connectivity index (χ1) is 10.2. The third kappa shape index (κ3) is 2.43. The SMILES string of the molecule is COc1cc2oc(=O)ccc2cc1C(=O)c1ccccc1. The summed E-state index contributed by atoms with van der Waals surface area (Å²) in [4.78, 5) is 23.8. The molecule has 1 heterocycles. The van der Waals surface area contributed by atoms with Crippen molar-refractivity contribution < 1.29 is 13.9 Å². The van der Waals surface area contributed by atoms with E-state index in [1.54, 1.807) is 42.5 Å². The zero-order valence-corrected chi connectivity index (χ0v) is 11.3. The Hall–Kier alpha value is -2.88. The summed E-state index contributed by atoms with van der Waals surface area (Å²) in [5.74, 6) is 0.242. The molecule has 0 aliphatic rings. The van der Waals surface area contributed by atoms with Gasteiger partial charge in [-0.05, 0) is 12.1 Å². The fourth-order valence-electron chi connectivity index (χ4n) is 2.19. The average molecular weight is 280 g/mol. The van der Waals surface area contributed by atoms with E-state index in [0.29, 0.717) is 27.8 Å². The summed E-state index contributed by atoms with van der Waals surface area (Å²) in [5, 5.41) is 0.676. The molecule has 4 nitrogen and oxygen atoms in total. The number of methoxy groups -OCH3 is 1. The molecule has 0 amide bonds. The molecule has 0 aliphatic carbocycles. The molecule has 0 saturated carbocycles. The molecule has 0 atom stereocenters. The molecule has 0 spiro atoms. The topological polar surface area (TPSA) is 56.5 Å². The van der Waals surface area contributed by atoms with Crippen LogP contribution in [-0.2, 0) is 0 Å². The predicted octanol–water partition coefficient (Wildman–Crippen LogP) is 3.03. The predicted molar refractivity (Wildman–Crippen MR) is 78.9 cm³/mol. The highest BCUT2D eigenvalue weighted by molar-refractivity contribution is 6.12. The zero-order valence-electron chi connectivity index (χ0n) is 11.3. The Morgan fingerprint density at radius 3 is 2.52 bits per heavy atom. The Morgan fingerprint density at radius 2 is 1.81 bits per heavy atom. The third-order valence-electron chi connectivity index (χ3n) is 3.22. The Balaban J connectivity index is 2.20. The molecule has 104 valence electrons. The fraction of sp³-hybridized carbons (Fsp3) is 0.0588. The summed E-state index contributed by atoms with van der Waals surface area (Å²) < 4.78 is 10.4. The molecule has 0 saturated heterocycles. The van der Waals surface area contributed by atoms with Crippen LogP contribution in [-0.4, -0.2) is 12.9 Å². The fourth-order valence-corrected chi connectivity index (χ4v) is 2.19. The van der Waals surface area contributed by atoms with Crippen LogP contribution in [0.1, 0.15) is 15.9 Å². The number of ether oxygens (including phenoxy) is 1. The lowest BCUT2D eigenvalue weighted by Crippen LogP contribution is -2.04. The first-order valence-electron chi connectivity index (χ1n) is 6.40. The van der Waals surface area contributed by atoms with E-state index in [1.165, 1.54) is 13.2 Å². The van der Waals surface area contributed by atoms with E-state index in [1.807, 2.05) is 6.07 Å². The van der Waals surface area contributed by atoms with Crippen LogP contribution in [0.15, 0.2) is 63.8 Å². The lowest BCUT2D eigenvalue weighted by atomic mass is 10.0. The van der Waals surface area contributed by atoms with Crippen molar-refractivity contribution in [2.75, 3.05) is 7.11 Å². The molecular formula is C17H12O4. The molecular weight excluding hydrogens is 268 g/mol. The Labute approximate surface area is 120 Å². The van der Waals surface area contributed by atoms with E-state index in [2.05, 4.69) is 0 Å². The van der Waals surface area contributed by atoms with Crippen LogP contribution < -0.4 is 10.4 Å². The summed E-state index contributed by atoms with van der Waals surface area (Å²) in [6, 6.07) is 15.1. The maximum Gasteiger partial charge on any atom is 0.336 e.